The molecule has 3 rings (SSSR count). The molecule has 0 spiro atoms. The Balaban J connectivity index is 1.98. The molecule has 6 heteroatoms. The van der Waals surface area contributed by atoms with Crippen LogP contribution in [0.5, 0.6) is 0 Å². The monoisotopic (exact) mass is 309 g/mol. The lowest BCUT2D eigenvalue weighted by molar-refractivity contribution is 0.235. The van der Waals surface area contributed by atoms with Crippen LogP contribution >= 0.6 is 11.6 Å². The molecule has 0 N–H and O–H groups in total. The van der Waals surface area contributed by atoms with Gasteiger partial charge < -0.3 is 4.57 Å². The van der Waals surface area contributed by atoms with Gasteiger partial charge in [-0.25, -0.2) is 9.67 Å². The summed E-state index contributed by atoms with van der Waals surface area (Å²) in [5.41, 5.74) is 3.11. The van der Waals surface area contributed by atoms with E-state index in [1.54, 1.807) is 0 Å². The van der Waals surface area contributed by atoms with Gasteiger partial charge in [0.2, 0.25) is 0 Å². The molecule has 0 bridgehead atoms. The van der Waals surface area contributed by atoms with Crippen LogP contribution in [0.2, 0.25) is 0 Å². The van der Waals surface area contributed by atoms with E-state index < -0.39 is 0 Å². The highest BCUT2D eigenvalue weighted by molar-refractivity contribution is 6.16. The lowest BCUT2D eigenvalue weighted by Crippen LogP contribution is -2.34. The third-order valence-electron chi connectivity index (χ3n) is 4.51. The predicted molar refractivity (Wildman–Crippen MR) is 85.8 cm³/mol. The summed E-state index contributed by atoms with van der Waals surface area (Å²) in [4.78, 5) is 7.27. The molecule has 2 aromatic heterocycles. The normalized spacial score (nSPS) is 17.9. The second-order valence-electron chi connectivity index (χ2n) is 5.94. The van der Waals surface area contributed by atoms with Crippen molar-refractivity contribution in [1.29, 1.82) is 0 Å². The molecule has 1 atom stereocenters. The summed E-state index contributed by atoms with van der Waals surface area (Å²) in [5.74, 6) is 1.41. The van der Waals surface area contributed by atoms with Gasteiger partial charge in [0.15, 0.2) is 5.65 Å². The lowest BCUT2D eigenvalue weighted by Gasteiger charge is -2.25. The highest BCUT2D eigenvalue weighted by atomic mass is 35.5. The molecule has 0 amide bonds. The van der Waals surface area contributed by atoms with Gasteiger partial charge in [0, 0.05) is 19.1 Å². The third-order valence-corrected chi connectivity index (χ3v) is 4.75. The number of fused-ring (bicyclic) bond motifs is 1. The van der Waals surface area contributed by atoms with E-state index in [-0.39, 0.29) is 0 Å². The van der Waals surface area contributed by atoms with Gasteiger partial charge in [-0.3, -0.25) is 4.90 Å². The van der Waals surface area contributed by atoms with Crippen LogP contribution in [0, 0.1) is 6.92 Å². The first kappa shape index (κ1) is 14.9. The van der Waals surface area contributed by atoms with Gasteiger partial charge in [-0.15, -0.1) is 11.6 Å². The minimum absolute atomic E-state index is 0.449. The first-order valence-corrected chi connectivity index (χ1v) is 8.41. The number of nitrogens with zero attached hydrogens (tertiary/aromatic N) is 5. The number of likely N-dealkylation sites (tertiary alicyclic amines) is 1. The SMILES string of the molecule is CCn1nc(C)c2nc(CCl)n(CC(C)N3CCCC3)c21. The van der Waals surface area contributed by atoms with Gasteiger partial charge in [-0.1, -0.05) is 0 Å². The fraction of sp³-hybridized carbons (Fsp3) is 0.733. The number of aryl methyl sites for hydroxylation is 2. The highest BCUT2D eigenvalue weighted by Crippen LogP contribution is 2.23. The van der Waals surface area contributed by atoms with E-state index in [1.165, 1.54) is 25.9 Å². The van der Waals surface area contributed by atoms with E-state index in [9.17, 15) is 0 Å². The fourth-order valence-electron chi connectivity index (χ4n) is 3.35. The van der Waals surface area contributed by atoms with Gasteiger partial charge in [0.25, 0.3) is 0 Å². The highest BCUT2D eigenvalue weighted by Gasteiger charge is 2.23. The van der Waals surface area contributed by atoms with Gasteiger partial charge in [-0.05, 0) is 46.7 Å². The maximum absolute atomic E-state index is 6.12. The summed E-state index contributed by atoms with van der Waals surface area (Å²) in [6.45, 7) is 10.7. The molecular formula is C15H24ClN5. The Labute approximate surface area is 130 Å². The molecule has 0 saturated carbocycles. The third kappa shape index (κ3) is 2.57. The molecule has 116 valence electrons. The van der Waals surface area contributed by atoms with Gasteiger partial charge in [0.1, 0.15) is 11.3 Å². The molecule has 1 aliphatic heterocycles. The molecule has 2 aromatic rings. The van der Waals surface area contributed by atoms with Crippen molar-refractivity contribution in [3.05, 3.63) is 11.5 Å². The average molecular weight is 310 g/mol. The van der Waals surface area contributed by atoms with Gasteiger partial charge in [0.05, 0.1) is 11.6 Å². The van der Waals surface area contributed by atoms with Crippen LogP contribution in [0.4, 0.5) is 0 Å². The Morgan fingerprint density at radius 1 is 1.29 bits per heavy atom. The first-order valence-electron chi connectivity index (χ1n) is 7.88. The second kappa shape index (κ2) is 5.97. The van der Waals surface area contributed by atoms with Crippen molar-refractivity contribution in [3.8, 4) is 0 Å². The van der Waals surface area contributed by atoms with Crippen LogP contribution in [0.1, 0.15) is 38.2 Å². The quantitative estimate of drug-likeness (QED) is 0.797. The first-order chi connectivity index (χ1) is 10.2. The summed E-state index contributed by atoms with van der Waals surface area (Å²) in [6, 6.07) is 0.507. The molecule has 21 heavy (non-hydrogen) atoms. The maximum Gasteiger partial charge on any atom is 0.159 e. The minimum atomic E-state index is 0.449. The summed E-state index contributed by atoms with van der Waals surface area (Å²) in [6.07, 6.45) is 2.64. The molecule has 1 unspecified atom stereocenters. The largest absolute Gasteiger partial charge is 0.310 e. The number of hydrogen-bond donors (Lipinski definition) is 0. The summed E-state index contributed by atoms with van der Waals surface area (Å²) in [7, 11) is 0. The summed E-state index contributed by atoms with van der Waals surface area (Å²) >= 11 is 6.12. The number of hydrogen-bond acceptors (Lipinski definition) is 3. The zero-order valence-corrected chi connectivity index (χ0v) is 13.9. The van der Waals surface area contributed by atoms with Crippen molar-refractivity contribution in [2.75, 3.05) is 13.1 Å². The number of rotatable bonds is 5. The zero-order valence-electron chi connectivity index (χ0n) is 13.1. The molecule has 1 saturated heterocycles. The lowest BCUT2D eigenvalue weighted by atomic mass is 10.3. The van der Waals surface area contributed by atoms with Crippen LogP contribution in [-0.4, -0.2) is 43.4 Å². The molecule has 5 nitrogen and oxygen atoms in total. The van der Waals surface area contributed by atoms with Crippen LogP contribution < -0.4 is 0 Å². The molecule has 3 heterocycles. The fourth-order valence-corrected chi connectivity index (χ4v) is 3.55. The molecule has 1 aliphatic rings. The Morgan fingerprint density at radius 2 is 2.00 bits per heavy atom. The van der Waals surface area contributed by atoms with Gasteiger partial charge in [-0.2, -0.15) is 5.10 Å². The van der Waals surface area contributed by atoms with Crippen molar-refractivity contribution >= 4 is 22.8 Å². The van der Waals surface area contributed by atoms with Crippen molar-refractivity contribution in [2.24, 2.45) is 0 Å². The van der Waals surface area contributed by atoms with Crippen molar-refractivity contribution in [3.63, 3.8) is 0 Å². The van der Waals surface area contributed by atoms with Crippen molar-refractivity contribution in [1.82, 2.24) is 24.2 Å². The van der Waals surface area contributed by atoms with Crippen molar-refractivity contribution in [2.45, 2.75) is 58.6 Å². The number of halogens is 1. The van der Waals surface area contributed by atoms with E-state index in [4.69, 9.17) is 16.6 Å². The standard InChI is InChI=1S/C15H24ClN5/c1-4-21-15-14(12(3)18-21)17-13(9-16)20(15)10-11(2)19-7-5-6-8-19/h11H,4-10H2,1-3H3. The molecule has 1 fully saturated rings. The topological polar surface area (TPSA) is 38.9 Å². The molecule has 0 aliphatic carbocycles. The minimum Gasteiger partial charge on any atom is -0.310 e. The van der Waals surface area contributed by atoms with Crippen LogP contribution in [0.3, 0.4) is 0 Å². The molecule has 0 aromatic carbocycles. The van der Waals surface area contributed by atoms with Crippen molar-refractivity contribution < 1.29 is 0 Å². The average Bonchev–Trinajstić information content (AvgIpc) is 3.17. The predicted octanol–water partition coefficient (Wildman–Crippen LogP) is 2.78. The number of imidazole rings is 1. The van der Waals surface area contributed by atoms with Crippen LogP contribution in [-0.2, 0) is 19.0 Å². The van der Waals surface area contributed by atoms with E-state index in [1.807, 2.05) is 11.6 Å². The van der Waals surface area contributed by atoms with E-state index in [0.29, 0.717) is 11.9 Å². The van der Waals surface area contributed by atoms with E-state index >= 15 is 0 Å². The summed E-state index contributed by atoms with van der Waals surface area (Å²) < 4.78 is 4.32. The Morgan fingerprint density at radius 3 is 2.62 bits per heavy atom. The van der Waals surface area contributed by atoms with E-state index in [2.05, 4.69) is 28.4 Å². The Hall–Kier alpha value is -1.07. The smallest absolute Gasteiger partial charge is 0.159 e. The molecular weight excluding hydrogens is 286 g/mol. The number of aromatic nitrogens is 4. The Bertz CT molecular complexity index is 624. The summed E-state index contributed by atoms with van der Waals surface area (Å²) in [5, 5.41) is 4.59. The van der Waals surface area contributed by atoms with Crippen LogP contribution in [0.25, 0.3) is 11.2 Å². The van der Waals surface area contributed by atoms with Gasteiger partial charge >= 0.3 is 0 Å². The molecule has 0 radical (unpaired) electrons. The second-order valence-corrected chi connectivity index (χ2v) is 6.21. The Kier molecular flexibility index (Phi) is 4.22. The zero-order chi connectivity index (χ0) is 15.0. The van der Waals surface area contributed by atoms with E-state index in [0.717, 1.165) is 35.8 Å². The number of alkyl halides is 1. The van der Waals surface area contributed by atoms with Crippen LogP contribution in [0.15, 0.2) is 0 Å². The maximum atomic E-state index is 6.12.